The maximum absolute atomic E-state index is 11.9. The molecule has 16 heavy (non-hydrogen) atoms. The average Bonchev–Trinajstić information content (AvgIpc) is 2.19. The lowest BCUT2D eigenvalue weighted by molar-refractivity contribution is 0.0941. The van der Waals surface area contributed by atoms with Crippen LogP contribution in [0.5, 0.6) is 0 Å². The van der Waals surface area contributed by atoms with Crippen LogP contribution in [0.1, 0.15) is 10.4 Å². The summed E-state index contributed by atoms with van der Waals surface area (Å²) in [5.74, 6) is 0.527. The van der Waals surface area contributed by atoms with Crippen molar-refractivity contribution in [2.24, 2.45) is 5.92 Å². The number of benzene rings is 1. The third-order valence-corrected chi connectivity index (χ3v) is 3.77. The van der Waals surface area contributed by atoms with Gasteiger partial charge in [-0.15, -0.1) is 0 Å². The number of amides is 1. The normalized spacial score (nSPS) is 15.6. The molecule has 86 valence electrons. The Morgan fingerprint density at radius 3 is 2.94 bits per heavy atom. The first-order valence-corrected chi connectivity index (χ1v) is 6.56. The van der Waals surface area contributed by atoms with E-state index in [4.69, 9.17) is 11.6 Å². The summed E-state index contributed by atoms with van der Waals surface area (Å²) in [6.45, 7) is 2.72. The summed E-state index contributed by atoms with van der Waals surface area (Å²) >= 11 is 8.01. The first-order chi connectivity index (χ1) is 7.66. The maximum Gasteiger partial charge on any atom is 0.252 e. The Balaban J connectivity index is 1.99. The summed E-state index contributed by atoms with van der Waals surface area (Å²) in [5, 5.41) is 6.69. The predicted molar refractivity (Wildman–Crippen MR) is 72.9 cm³/mol. The van der Waals surface area contributed by atoms with Gasteiger partial charge in [-0.25, -0.2) is 0 Å². The second-order valence-electron chi connectivity index (χ2n) is 3.86. The number of carbonyl (C=O) groups is 1. The van der Waals surface area contributed by atoms with Crippen LogP contribution < -0.4 is 10.6 Å². The van der Waals surface area contributed by atoms with Crippen LogP contribution in [0.25, 0.3) is 0 Å². The monoisotopic (exact) mass is 350 g/mol. The van der Waals surface area contributed by atoms with Gasteiger partial charge >= 0.3 is 0 Å². The average molecular weight is 351 g/mol. The van der Waals surface area contributed by atoms with Gasteiger partial charge in [0.1, 0.15) is 0 Å². The van der Waals surface area contributed by atoms with E-state index in [-0.39, 0.29) is 5.91 Å². The Labute approximate surface area is 113 Å². The molecule has 0 spiro atoms. The van der Waals surface area contributed by atoms with E-state index < -0.39 is 0 Å². The molecule has 0 unspecified atom stereocenters. The molecule has 1 aliphatic rings. The van der Waals surface area contributed by atoms with Crippen molar-refractivity contribution in [2.45, 2.75) is 0 Å². The second kappa shape index (κ2) is 5.33. The molecule has 0 aromatic heterocycles. The zero-order chi connectivity index (χ0) is 11.5. The summed E-state index contributed by atoms with van der Waals surface area (Å²) in [6, 6.07) is 5.34. The molecule has 0 aliphatic carbocycles. The van der Waals surface area contributed by atoms with Crippen molar-refractivity contribution in [2.75, 3.05) is 19.6 Å². The highest BCUT2D eigenvalue weighted by atomic mass is 127. The Morgan fingerprint density at radius 2 is 2.31 bits per heavy atom. The van der Waals surface area contributed by atoms with Crippen molar-refractivity contribution in [3.8, 4) is 0 Å². The molecule has 1 amide bonds. The summed E-state index contributed by atoms with van der Waals surface area (Å²) in [7, 11) is 0. The van der Waals surface area contributed by atoms with Gasteiger partial charge in [0.25, 0.3) is 5.91 Å². The first-order valence-electron chi connectivity index (χ1n) is 5.11. The summed E-state index contributed by atoms with van der Waals surface area (Å²) in [5.41, 5.74) is 0.653. The van der Waals surface area contributed by atoms with E-state index in [2.05, 4.69) is 33.2 Å². The van der Waals surface area contributed by atoms with Crippen molar-refractivity contribution in [1.82, 2.24) is 10.6 Å². The highest BCUT2D eigenvalue weighted by molar-refractivity contribution is 14.1. The number of nitrogens with one attached hydrogen (secondary N) is 2. The van der Waals surface area contributed by atoms with Gasteiger partial charge < -0.3 is 10.6 Å². The van der Waals surface area contributed by atoms with Gasteiger partial charge in [-0.05, 0) is 40.8 Å². The molecule has 0 saturated carbocycles. The molecule has 5 heteroatoms. The lowest BCUT2D eigenvalue weighted by atomic mass is 10.0. The van der Waals surface area contributed by atoms with E-state index in [0.29, 0.717) is 16.5 Å². The zero-order valence-corrected chi connectivity index (χ0v) is 11.5. The van der Waals surface area contributed by atoms with Crippen molar-refractivity contribution in [1.29, 1.82) is 0 Å². The van der Waals surface area contributed by atoms with Gasteiger partial charge in [-0.3, -0.25) is 4.79 Å². The van der Waals surface area contributed by atoms with Gasteiger partial charge in [0.15, 0.2) is 0 Å². The standard InChI is InChI=1S/C11H12ClIN2O/c12-8-1-2-10(13)9(3-8)11(16)15-6-7-4-14-5-7/h1-3,7,14H,4-6H2,(H,15,16). The van der Waals surface area contributed by atoms with Gasteiger partial charge in [-0.2, -0.15) is 0 Å². The number of hydrogen-bond acceptors (Lipinski definition) is 2. The molecule has 0 bridgehead atoms. The van der Waals surface area contributed by atoms with Crippen LogP contribution in [0, 0.1) is 9.49 Å². The number of hydrogen-bond donors (Lipinski definition) is 2. The van der Waals surface area contributed by atoms with Crippen molar-refractivity contribution < 1.29 is 4.79 Å². The lowest BCUT2D eigenvalue weighted by Gasteiger charge is -2.27. The van der Waals surface area contributed by atoms with E-state index in [1.165, 1.54) is 0 Å². The van der Waals surface area contributed by atoms with E-state index >= 15 is 0 Å². The van der Waals surface area contributed by atoms with E-state index in [1.807, 2.05) is 6.07 Å². The SMILES string of the molecule is O=C(NCC1CNC1)c1cc(Cl)ccc1I. The minimum absolute atomic E-state index is 0.0428. The fraction of sp³-hybridized carbons (Fsp3) is 0.364. The number of halogens is 2. The number of rotatable bonds is 3. The quantitative estimate of drug-likeness (QED) is 0.818. The van der Waals surface area contributed by atoms with Gasteiger partial charge in [-0.1, -0.05) is 11.6 Å². The van der Waals surface area contributed by atoms with Crippen molar-refractivity contribution >= 4 is 40.1 Å². The summed E-state index contributed by atoms with van der Waals surface area (Å²) in [6.07, 6.45) is 0. The molecule has 0 atom stereocenters. The largest absolute Gasteiger partial charge is 0.352 e. The first kappa shape index (κ1) is 12.1. The lowest BCUT2D eigenvalue weighted by Crippen LogP contribution is -2.48. The highest BCUT2D eigenvalue weighted by Crippen LogP contribution is 2.17. The van der Waals surface area contributed by atoms with Gasteiger partial charge in [0.05, 0.1) is 5.56 Å². The molecular weight excluding hydrogens is 338 g/mol. The van der Waals surface area contributed by atoms with Crippen LogP contribution in [0.4, 0.5) is 0 Å². The molecule has 1 saturated heterocycles. The second-order valence-corrected chi connectivity index (χ2v) is 5.46. The zero-order valence-electron chi connectivity index (χ0n) is 8.59. The molecule has 1 fully saturated rings. The smallest absolute Gasteiger partial charge is 0.252 e. The molecular formula is C11H12ClIN2O. The third-order valence-electron chi connectivity index (χ3n) is 2.59. The topological polar surface area (TPSA) is 41.1 Å². The van der Waals surface area contributed by atoms with E-state index in [0.717, 1.165) is 23.2 Å². The Bertz CT molecular complexity index is 407. The minimum Gasteiger partial charge on any atom is -0.352 e. The van der Waals surface area contributed by atoms with Crippen molar-refractivity contribution in [3.05, 3.63) is 32.4 Å². The Kier molecular flexibility index (Phi) is 4.05. The molecule has 2 rings (SSSR count). The molecule has 3 nitrogen and oxygen atoms in total. The fourth-order valence-corrected chi connectivity index (χ4v) is 2.25. The van der Waals surface area contributed by atoms with E-state index in [1.54, 1.807) is 12.1 Å². The maximum atomic E-state index is 11.9. The molecule has 1 aromatic carbocycles. The third kappa shape index (κ3) is 2.87. The fourth-order valence-electron chi connectivity index (χ4n) is 1.50. The number of carbonyl (C=O) groups excluding carboxylic acids is 1. The Morgan fingerprint density at radius 1 is 1.56 bits per heavy atom. The molecule has 2 N–H and O–H groups in total. The van der Waals surface area contributed by atoms with Gasteiger partial charge in [0.2, 0.25) is 0 Å². The van der Waals surface area contributed by atoms with Crippen LogP contribution in [0.2, 0.25) is 5.02 Å². The van der Waals surface area contributed by atoms with Crippen LogP contribution in [-0.2, 0) is 0 Å². The summed E-state index contributed by atoms with van der Waals surface area (Å²) in [4.78, 5) is 11.9. The summed E-state index contributed by atoms with van der Waals surface area (Å²) < 4.78 is 0.922. The molecule has 1 aliphatic heterocycles. The Hall–Kier alpha value is -0.330. The van der Waals surface area contributed by atoms with Crippen LogP contribution in [-0.4, -0.2) is 25.5 Å². The van der Waals surface area contributed by atoms with Gasteiger partial charge in [0, 0.05) is 34.1 Å². The molecule has 0 radical (unpaired) electrons. The van der Waals surface area contributed by atoms with E-state index in [9.17, 15) is 4.79 Å². The molecule has 1 aromatic rings. The van der Waals surface area contributed by atoms with Crippen molar-refractivity contribution in [3.63, 3.8) is 0 Å². The van der Waals surface area contributed by atoms with Crippen LogP contribution >= 0.6 is 34.2 Å². The van der Waals surface area contributed by atoms with Crippen LogP contribution in [0.15, 0.2) is 18.2 Å². The minimum atomic E-state index is -0.0428. The molecule has 1 heterocycles. The highest BCUT2D eigenvalue weighted by Gasteiger charge is 2.18. The predicted octanol–water partition coefficient (Wildman–Crippen LogP) is 1.89. The van der Waals surface area contributed by atoms with Crippen LogP contribution in [0.3, 0.4) is 0 Å².